The average molecular weight is 359 g/mol. The second-order valence-electron chi connectivity index (χ2n) is 5.23. The Morgan fingerprint density at radius 2 is 1.42 bits per heavy atom. The molecule has 0 saturated heterocycles. The molecule has 0 atom stereocenters. The van der Waals surface area contributed by atoms with Crippen LogP contribution in [0.5, 0.6) is 11.5 Å². The van der Waals surface area contributed by atoms with E-state index in [1.54, 1.807) is 42.5 Å². The minimum absolute atomic E-state index is 0.131. The van der Waals surface area contributed by atoms with Crippen molar-refractivity contribution < 1.29 is 15.0 Å². The third kappa shape index (κ3) is 3.23. The van der Waals surface area contributed by atoms with Crippen LogP contribution in [0.2, 0.25) is 10.0 Å². The lowest BCUT2D eigenvalue weighted by Gasteiger charge is -2.09. The summed E-state index contributed by atoms with van der Waals surface area (Å²) >= 11 is 11.9. The number of halogens is 2. The van der Waals surface area contributed by atoms with E-state index in [0.717, 1.165) is 11.1 Å². The van der Waals surface area contributed by atoms with Gasteiger partial charge in [-0.15, -0.1) is 0 Å². The van der Waals surface area contributed by atoms with Crippen molar-refractivity contribution in [1.82, 2.24) is 0 Å². The van der Waals surface area contributed by atoms with Gasteiger partial charge >= 0.3 is 0 Å². The number of carbonyl (C=O) groups excluding carboxylic acids is 1. The first kappa shape index (κ1) is 16.4. The van der Waals surface area contributed by atoms with Crippen molar-refractivity contribution in [3.05, 3.63) is 81.8 Å². The van der Waals surface area contributed by atoms with Crippen molar-refractivity contribution in [2.75, 3.05) is 0 Å². The van der Waals surface area contributed by atoms with Gasteiger partial charge in [-0.25, -0.2) is 0 Å². The fraction of sp³-hybridized carbons (Fsp3) is 0. The van der Waals surface area contributed by atoms with E-state index in [1.165, 1.54) is 18.2 Å². The van der Waals surface area contributed by atoms with Gasteiger partial charge in [0.1, 0.15) is 11.5 Å². The fourth-order valence-corrected chi connectivity index (χ4v) is 2.86. The van der Waals surface area contributed by atoms with Crippen molar-refractivity contribution in [3.8, 4) is 22.6 Å². The van der Waals surface area contributed by atoms with Gasteiger partial charge in [-0.3, -0.25) is 4.79 Å². The number of hydrogen-bond acceptors (Lipinski definition) is 3. The Balaban J connectivity index is 2.05. The quantitative estimate of drug-likeness (QED) is 0.624. The molecule has 3 aromatic rings. The average Bonchev–Trinajstić information content (AvgIpc) is 2.55. The first-order chi connectivity index (χ1) is 11.5. The number of phenols is 2. The minimum atomic E-state index is -0.394. The molecule has 0 aliphatic rings. The zero-order valence-corrected chi connectivity index (χ0v) is 13.8. The number of ketones is 1. The van der Waals surface area contributed by atoms with Gasteiger partial charge in [0.15, 0.2) is 5.78 Å². The third-order valence-electron chi connectivity index (χ3n) is 3.62. The summed E-state index contributed by atoms with van der Waals surface area (Å²) in [5.74, 6) is -0.370. The van der Waals surface area contributed by atoms with Crippen LogP contribution in [0.4, 0.5) is 0 Å². The van der Waals surface area contributed by atoms with Crippen LogP contribution in [0.25, 0.3) is 11.1 Å². The number of carbonyl (C=O) groups is 1. The minimum Gasteiger partial charge on any atom is -0.508 e. The molecule has 0 aliphatic carbocycles. The van der Waals surface area contributed by atoms with E-state index in [2.05, 4.69) is 0 Å². The molecule has 0 amide bonds. The van der Waals surface area contributed by atoms with Crippen LogP contribution >= 0.6 is 23.2 Å². The van der Waals surface area contributed by atoms with Crippen LogP contribution in [0.1, 0.15) is 15.9 Å². The highest BCUT2D eigenvalue weighted by molar-refractivity contribution is 6.37. The van der Waals surface area contributed by atoms with Crippen LogP contribution in [-0.2, 0) is 0 Å². The topological polar surface area (TPSA) is 57.5 Å². The van der Waals surface area contributed by atoms with E-state index < -0.39 is 5.78 Å². The molecule has 0 radical (unpaired) electrons. The van der Waals surface area contributed by atoms with E-state index in [0.29, 0.717) is 5.02 Å². The standard InChI is InChI=1S/C19H12Cl2O3/c20-13-4-7-15(17(21)10-13)19(24)16-9-12(3-8-18(16)23)11-1-5-14(22)6-2-11/h1-10,22-23H. The number of hydrogen-bond donors (Lipinski definition) is 2. The molecule has 24 heavy (non-hydrogen) atoms. The molecular formula is C19H12Cl2O3. The maximum atomic E-state index is 12.7. The van der Waals surface area contributed by atoms with Gasteiger partial charge in [-0.05, 0) is 53.6 Å². The van der Waals surface area contributed by atoms with Crippen molar-refractivity contribution in [1.29, 1.82) is 0 Å². The molecule has 3 rings (SSSR count). The number of phenolic OH excluding ortho intramolecular Hbond substituents is 2. The molecule has 5 heteroatoms. The lowest BCUT2D eigenvalue weighted by atomic mass is 9.97. The maximum absolute atomic E-state index is 12.7. The monoisotopic (exact) mass is 358 g/mol. The van der Waals surface area contributed by atoms with E-state index in [-0.39, 0.29) is 27.6 Å². The molecule has 0 unspecified atom stereocenters. The lowest BCUT2D eigenvalue weighted by Crippen LogP contribution is -2.03. The van der Waals surface area contributed by atoms with Crippen LogP contribution in [0.15, 0.2) is 60.7 Å². The summed E-state index contributed by atoms with van der Waals surface area (Å²) in [6, 6.07) is 15.9. The van der Waals surface area contributed by atoms with E-state index >= 15 is 0 Å². The summed E-state index contributed by atoms with van der Waals surface area (Å²) in [6.45, 7) is 0. The van der Waals surface area contributed by atoms with Crippen LogP contribution in [0, 0.1) is 0 Å². The molecule has 2 N–H and O–H groups in total. The van der Waals surface area contributed by atoms with Crippen molar-refractivity contribution in [2.45, 2.75) is 0 Å². The molecule has 0 aromatic heterocycles. The Bertz CT molecular complexity index is 918. The normalized spacial score (nSPS) is 10.6. The van der Waals surface area contributed by atoms with Gasteiger partial charge in [0, 0.05) is 10.6 Å². The summed E-state index contributed by atoms with van der Waals surface area (Å²) in [5.41, 5.74) is 1.95. The van der Waals surface area contributed by atoms with Gasteiger partial charge in [0.2, 0.25) is 0 Å². The van der Waals surface area contributed by atoms with Crippen LogP contribution < -0.4 is 0 Å². The molecule has 3 aromatic carbocycles. The Morgan fingerprint density at radius 1 is 0.750 bits per heavy atom. The largest absolute Gasteiger partial charge is 0.508 e. The zero-order chi connectivity index (χ0) is 17.3. The van der Waals surface area contributed by atoms with E-state index in [1.807, 2.05) is 0 Å². The summed E-state index contributed by atoms with van der Waals surface area (Å²) in [4.78, 5) is 12.7. The Labute approximate surface area is 148 Å². The smallest absolute Gasteiger partial charge is 0.198 e. The molecule has 0 spiro atoms. The summed E-state index contributed by atoms with van der Waals surface area (Å²) < 4.78 is 0. The summed E-state index contributed by atoms with van der Waals surface area (Å²) in [7, 11) is 0. The van der Waals surface area contributed by atoms with Gasteiger partial charge < -0.3 is 10.2 Å². The van der Waals surface area contributed by atoms with Crippen molar-refractivity contribution >= 4 is 29.0 Å². The highest BCUT2D eigenvalue weighted by atomic mass is 35.5. The molecule has 120 valence electrons. The molecule has 0 aliphatic heterocycles. The molecular weight excluding hydrogens is 347 g/mol. The predicted molar refractivity (Wildman–Crippen MR) is 95.1 cm³/mol. The second kappa shape index (κ2) is 6.56. The predicted octanol–water partition coefficient (Wildman–Crippen LogP) is 5.30. The first-order valence-electron chi connectivity index (χ1n) is 7.08. The SMILES string of the molecule is O=C(c1cc(-c2ccc(O)cc2)ccc1O)c1ccc(Cl)cc1Cl. The number of benzene rings is 3. The van der Waals surface area contributed by atoms with Gasteiger partial charge in [-0.2, -0.15) is 0 Å². The highest BCUT2D eigenvalue weighted by Crippen LogP contribution is 2.31. The Kier molecular flexibility index (Phi) is 4.47. The van der Waals surface area contributed by atoms with Gasteiger partial charge in [-0.1, -0.05) is 41.4 Å². The first-order valence-corrected chi connectivity index (χ1v) is 7.83. The molecule has 0 bridgehead atoms. The fourth-order valence-electron chi connectivity index (χ4n) is 2.37. The van der Waals surface area contributed by atoms with Crippen molar-refractivity contribution in [2.24, 2.45) is 0 Å². The highest BCUT2D eigenvalue weighted by Gasteiger charge is 2.17. The van der Waals surface area contributed by atoms with Gasteiger partial charge in [0.05, 0.1) is 10.6 Å². The lowest BCUT2D eigenvalue weighted by molar-refractivity contribution is 0.103. The van der Waals surface area contributed by atoms with Crippen LogP contribution in [0.3, 0.4) is 0 Å². The van der Waals surface area contributed by atoms with Crippen molar-refractivity contribution in [3.63, 3.8) is 0 Å². The number of aromatic hydroxyl groups is 2. The molecule has 0 saturated carbocycles. The van der Waals surface area contributed by atoms with Crippen LogP contribution in [-0.4, -0.2) is 16.0 Å². The Morgan fingerprint density at radius 3 is 2.08 bits per heavy atom. The zero-order valence-electron chi connectivity index (χ0n) is 12.3. The molecule has 0 fully saturated rings. The van der Waals surface area contributed by atoms with Gasteiger partial charge in [0.25, 0.3) is 0 Å². The molecule has 3 nitrogen and oxygen atoms in total. The van der Waals surface area contributed by atoms with E-state index in [4.69, 9.17) is 23.2 Å². The third-order valence-corrected chi connectivity index (χ3v) is 4.17. The number of rotatable bonds is 3. The van der Waals surface area contributed by atoms with E-state index in [9.17, 15) is 15.0 Å². The Hall–Kier alpha value is -2.49. The maximum Gasteiger partial charge on any atom is 0.198 e. The summed E-state index contributed by atoms with van der Waals surface area (Å²) in [5, 5.41) is 20.1. The second-order valence-corrected chi connectivity index (χ2v) is 6.08. The summed E-state index contributed by atoms with van der Waals surface area (Å²) in [6.07, 6.45) is 0. The molecule has 0 heterocycles.